The minimum Gasteiger partial charge on any atom is -0.456 e. The number of para-hydroxylation sites is 1. The summed E-state index contributed by atoms with van der Waals surface area (Å²) in [6.07, 6.45) is 0. The molecule has 36 heavy (non-hydrogen) atoms. The van der Waals surface area contributed by atoms with E-state index in [0.29, 0.717) is 25.8 Å². The van der Waals surface area contributed by atoms with E-state index in [0.717, 1.165) is 0 Å². The largest absolute Gasteiger partial charge is 0.456 e. The molecular weight excluding hydrogens is 641 g/mol. The molecular formula is C25H16Cl2FIN2O4S. The zero-order chi connectivity index (χ0) is 25.9. The molecule has 0 saturated carbocycles. The van der Waals surface area contributed by atoms with Crippen LogP contribution in [0.3, 0.4) is 0 Å². The number of carbonyl (C=O) groups is 1. The van der Waals surface area contributed by atoms with Gasteiger partial charge in [0.15, 0.2) is 0 Å². The molecule has 2 N–H and O–H groups in total. The van der Waals surface area contributed by atoms with Crippen molar-refractivity contribution in [3.63, 3.8) is 0 Å². The smallest absolute Gasteiger partial charge is 0.261 e. The number of sulfonamides is 1. The maximum atomic E-state index is 13.4. The Morgan fingerprint density at radius 2 is 1.58 bits per heavy atom. The van der Waals surface area contributed by atoms with Crippen LogP contribution < -0.4 is 14.8 Å². The standard InChI is InChI=1S/C25H16Cl2FIN2O4S/c26-15-5-11-22(19(13-15)25(32)30-23-12-6-16(28)14-21(23)29)31-36(33,34)18-9-7-17(8-10-18)35-24-4-2-1-3-20(24)27/h1-14,31H,(H,30,32). The third-order valence-corrected chi connectivity index (χ3v) is 7.67. The SMILES string of the molecule is O=C(Nc1ccc(F)cc1I)c1cc(Cl)ccc1NS(=O)(=O)c1ccc(Oc2ccccc2Cl)cc1. The lowest BCUT2D eigenvalue weighted by molar-refractivity contribution is 0.102. The molecule has 4 aromatic rings. The number of hydrogen-bond acceptors (Lipinski definition) is 4. The first-order valence-electron chi connectivity index (χ1n) is 10.2. The van der Waals surface area contributed by atoms with Crippen LogP contribution >= 0.6 is 45.8 Å². The second-order valence-electron chi connectivity index (χ2n) is 7.38. The van der Waals surface area contributed by atoms with E-state index in [2.05, 4.69) is 10.0 Å². The Labute approximate surface area is 230 Å². The van der Waals surface area contributed by atoms with E-state index < -0.39 is 21.7 Å². The van der Waals surface area contributed by atoms with Crippen LogP contribution in [0, 0.1) is 9.39 Å². The fourth-order valence-corrected chi connectivity index (χ4v) is 5.16. The fourth-order valence-electron chi connectivity index (χ4n) is 3.12. The summed E-state index contributed by atoms with van der Waals surface area (Å²) in [6, 6.07) is 20.7. The van der Waals surface area contributed by atoms with Crippen LogP contribution in [0.25, 0.3) is 0 Å². The van der Waals surface area contributed by atoms with Gasteiger partial charge in [-0.25, -0.2) is 12.8 Å². The minimum absolute atomic E-state index is 0.00938. The average Bonchev–Trinajstić information content (AvgIpc) is 2.83. The first kappa shape index (κ1) is 26.2. The third-order valence-electron chi connectivity index (χ3n) is 4.85. The Morgan fingerprint density at radius 3 is 2.28 bits per heavy atom. The summed E-state index contributed by atoms with van der Waals surface area (Å²) >= 11 is 14.0. The van der Waals surface area contributed by atoms with E-state index >= 15 is 0 Å². The predicted octanol–water partition coefficient (Wildman–Crippen LogP) is 7.58. The van der Waals surface area contributed by atoms with Gasteiger partial charge in [0.1, 0.15) is 17.3 Å². The lowest BCUT2D eigenvalue weighted by Gasteiger charge is -2.14. The molecule has 0 aliphatic rings. The van der Waals surface area contributed by atoms with Crippen LogP contribution in [0.15, 0.2) is 89.8 Å². The third kappa shape index (κ3) is 6.28. The van der Waals surface area contributed by atoms with Crippen molar-refractivity contribution in [2.24, 2.45) is 0 Å². The average molecular weight is 657 g/mol. The van der Waals surface area contributed by atoms with Crippen LogP contribution in [0.2, 0.25) is 10.0 Å². The zero-order valence-corrected chi connectivity index (χ0v) is 22.6. The van der Waals surface area contributed by atoms with Gasteiger partial charge in [0.05, 0.1) is 26.9 Å². The summed E-state index contributed by atoms with van der Waals surface area (Å²) in [6.45, 7) is 0. The van der Waals surface area contributed by atoms with E-state index in [-0.39, 0.29) is 21.2 Å². The Bertz CT molecular complexity index is 1550. The highest BCUT2D eigenvalue weighted by atomic mass is 127. The van der Waals surface area contributed by atoms with Crippen LogP contribution in [-0.2, 0) is 10.0 Å². The van der Waals surface area contributed by atoms with Crippen molar-refractivity contribution in [3.05, 3.63) is 110 Å². The molecule has 0 heterocycles. The number of anilines is 2. The Kier molecular flexibility index (Phi) is 8.04. The minimum atomic E-state index is -4.07. The van der Waals surface area contributed by atoms with E-state index in [4.69, 9.17) is 27.9 Å². The van der Waals surface area contributed by atoms with Gasteiger partial charge >= 0.3 is 0 Å². The topological polar surface area (TPSA) is 84.5 Å². The Balaban J connectivity index is 1.56. The van der Waals surface area contributed by atoms with E-state index in [1.807, 2.05) is 22.6 Å². The van der Waals surface area contributed by atoms with Crippen LogP contribution in [-0.4, -0.2) is 14.3 Å². The highest BCUT2D eigenvalue weighted by Gasteiger charge is 2.20. The molecule has 0 aliphatic heterocycles. The number of nitrogens with one attached hydrogen (secondary N) is 2. The van der Waals surface area contributed by atoms with Crippen molar-refractivity contribution in [1.82, 2.24) is 0 Å². The number of benzene rings is 4. The second-order valence-corrected chi connectivity index (χ2v) is 11.1. The van der Waals surface area contributed by atoms with E-state index in [1.165, 1.54) is 60.7 Å². The van der Waals surface area contributed by atoms with Gasteiger partial charge in [-0.1, -0.05) is 35.3 Å². The number of carbonyl (C=O) groups excluding carboxylic acids is 1. The lowest BCUT2D eigenvalue weighted by Crippen LogP contribution is -2.19. The zero-order valence-electron chi connectivity index (χ0n) is 18.1. The van der Waals surface area contributed by atoms with Gasteiger partial charge in [-0.05, 0) is 95.4 Å². The molecule has 0 bridgehead atoms. The van der Waals surface area contributed by atoms with Gasteiger partial charge < -0.3 is 10.1 Å². The quantitative estimate of drug-likeness (QED) is 0.201. The maximum Gasteiger partial charge on any atom is 0.261 e. The normalized spacial score (nSPS) is 11.1. The molecule has 0 radical (unpaired) electrons. The van der Waals surface area contributed by atoms with Crippen LogP contribution in [0.4, 0.5) is 15.8 Å². The summed E-state index contributed by atoms with van der Waals surface area (Å²) in [5.74, 6) is -0.247. The van der Waals surface area contributed by atoms with Crippen LogP contribution in [0.1, 0.15) is 10.4 Å². The number of ether oxygens (including phenoxy) is 1. The summed E-state index contributed by atoms with van der Waals surface area (Å²) < 4.78 is 48.1. The van der Waals surface area contributed by atoms with E-state index in [9.17, 15) is 17.6 Å². The van der Waals surface area contributed by atoms with Crippen molar-refractivity contribution in [2.45, 2.75) is 4.90 Å². The molecule has 0 fully saturated rings. The predicted molar refractivity (Wildman–Crippen MR) is 147 cm³/mol. The molecule has 0 aliphatic carbocycles. The van der Waals surface area contributed by atoms with Gasteiger partial charge in [0.2, 0.25) is 0 Å². The number of halogens is 4. The molecule has 1 amide bonds. The lowest BCUT2D eigenvalue weighted by atomic mass is 10.1. The van der Waals surface area contributed by atoms with Gasteiger partial charge in [0, 0.05) is 8.59 Å². The molecule has 184 valence electrons. The first-order chi connectivity index (χ1) is 17.1. The number of rotatable bonds is 7. The van der Waals surface area contributed by atoms with Crippen molar-refractivity contribution in [1.29, 1.82) is 0 Å². The fraction of sp³-hybridized carbons (Fsp3) is 0. The molecule has 11 heteroatoms. The van der Waals surface area contributed by atoms with Crippen molar-refractivity contribution >= 4 is 73.1 Å². The molecule has 4 rings (SSSR count). The monoisotopic (exact) mass is 656 g/mol. The van der Waals surface area contributed by atoms with Crippen molar-refractivity contribution in [2.75, 3.05) is 10.0 Å². The van der Waals surface area contributed by atoms with E-state index in [1.54, 1.807) is 24.3 Å². The molecule has 0 unspecified atom stereocenters. The molecule has 6 nitrogen and oxygen atoms in total. The van der Waals surface area contributed by atoms with Gasteiger partial charge in [-0.3, -0.25) is 9.52 Å². The summed E-state index contributed by atoms with van der Waals surface area (Å²) in [5.41, 5.74) is 0.375. The Morgan fingerprint density at radius 1 is 0.889 bits per heavy atom. The molecule has 0 aromatic heterocycles. The number of hydrogen-bond donors (Lipinski definition) is 2. The van der Waals surface area contributed by atoms with Crippen molar-refractivity contribution in [3.8, 4) is 11.5 Å². The summed E-state index contributed by atoms with van der Waals surface area (Å²) in [7, 11) is -4.07. The van der Waals surface area contributed by atoms with Crippen LogP contribution in [0.5, 0.6) is 11.5 Å². The molecule has 4 aromatic carbocycles. The summed E-state index contributed by atoms with van der Waals surface area (Å²) in [5, 5.41) is 3.30. The highest BCUT2D eigenvalue weighted by Crippen LogP contribution is 2.30. The maximum absolute atomic E-state index is 13.4. The molecule has 0 saturated heterocycles. The van der Waals surface area contributed by atoms with Gasteiger partial charge in [-0.15, -0.1) is 0 Å². The van der Waals surface area contributed by atoms with Crippen molar-refractivity contribution < 1.29 is 22.3 Å². The molecule has 0 spiro atoms. The van der Waals surface area contributed by atoms with Gasteiger partial charge in [0.25, 0.3) is 15.9 Å². The molecule has 0 atom stereocenters. The van der Waals surface area contributed by atoms with Gasteiger partial charge in [-0.2, -0.15) is 0 Å². The second kappa shape index (κ2) is 11.0. The summed E-state index contributed by atoms with van der Waals surface area (Å²) in [4.78, 5) is 12.9. The first-order valence-corrected chi connectivity index (χ1v) is 13.6. The Hall–Kier alpha value is -2.86. The highest BCUT2D eigenvalue weighted by molar-refractivity contribution is 14.1. The number of amides is 1.